The maximum atomic E-state index is 12.1. The van der Waals surface area contributed by atoms with Crippen molar-refractivity contribution < 1.29 is 13.2 Å². The molecule has 0 aliphatic rings. The highest BCUT2D eigenvalue weighted by atomic mass is 32.2. The average Bonchev–Trinajstić information content (AvgIpc) is 2.54. The molecule has 6 heteroatoms. The van der Waals surface area contributed by atoms with E-state index in [4.69, 9.17) is 0 Å². The number of rotatable bonds is 7. The Morgan fingerprint density at radius 3 is 2.60 bits per heavy atom. The monoisotopic (exact) mass is 358 g/mol. The summed E-state index contributed by atoms with van der Waals surface area (Å²) < 4.78 is 24.3. The Labute approximate surface area is 148 Å². The molecule has 0 atom stereocenters. The Hall–Kier alpha value is -2.60. The highest BCUT2D eigenvalue weighted by Crippen LogP contribution is 2.21. The third-order valence-electron chi connectivity index (χ3n) is 3.65. The molecule has 0 aliphatic heterocycles. The number of hydrogen-bond donors (Lipinski definition) is 2. The lowest BCUT2D eigenvalue weighted by Crippen LogP contribution is -2.22. The zero-order valence-electron chi connectivity index (χ0n) is 14.4. The fraction of sp³-hybridized carbons (Fsp3) is 0.211. The predicted molar refractivity (Wildman–Crippen MR) is 102 cm³/mol. The first kappa shape index (κ1) is 18.7. The molecular formula is C19H22N2O3S. The molecule has 0 heterocycles. The van der Waals surface area contributed by atoms with Gasteiger partial charge < -0.3 is 10.6 Å². The van der Waals surface area contributed by atoms with Crippen LogP contribution in [0.3, 0.4) is 0 Å². The van der Waals surface area contributed by atoms with Crippen molar-refractivity contribution in [1.82, 2.24) is 0 Å². The van der Waals surface area contributed by atoms with Gasteiger partial charge in [0.25, 0.3) is 0 Å². The molecule has 2 aromatic rings. The Kier molecular flexibility index (Phi) is 5.98. The van der Waals surface area contributed by atoms with Gasteiger partial charge in [0.15, 0.2) is 9.84 Å². The van der Waals surface area contributed by atoms with Crippen LogP contribution >= 0.6 is 0 Å². The Morgan fingerprint density at radius 1 is 1.16 bits per heavy atom. The molecule has 0 fully saturated rings. The van der Waals surface area contributed by atoms with Crippen molar-refractivity contribution in [3.05, 3.63) is 66.2 Å². The Morgan fingerprint density at radius 2 is 1.92 bits per heavy atom. The molecule has 132 valence electrons. The van der Waals surface area contributed by atoms with Gasteiger partial charge in [0.2, 0.25) is 5.91 Å². The summed E-state index contributed by atoms with van der Waals surface area (Å²) in [5, 5.41) is 5.80. The van der Waals surface area contributed by atoms with Crippen molar-refractivity contribution in [1.29, 1.82) is 0 Å². The lowest BCUT2D eigenvalue weighted by atomic mass is 10.2. The third kappa shape index (κ3) is 5.19. The summed E-state index contributed by atoms with van der Waals surface area (Å²) in [6.07, 6.45) is 1.36. The van der Waals surface area contributed by atoms with Crippen molar-refractivity contribution in [2.75, 3.05) is 22.9 Å². The topological polar surface area (TPSA) is 75.3 Å². The highest BCUT2D eigenvalue weighted by molar-refractivity contribution is 7.91. The number of benzene rings is 2. The van der Waals surface area contributed by atoms with Crippen LogP contribution < -0.4 is 10.6 Å². The Bertz CT molecular complexity index is 889. The molecule has 2 rings (SSSR count). The Balaban J connectivity index is 2.07. The molecule has 0 unspecified atom stereocenters. The lowest BCUT2D eigenvalue weighted by molar-refractivity contribution is -0.114. The van der Waals surface area contributed by atoms with Gasteiger partial charge in [-0.3, -0.25) is 4.79 Å². The van der Waals surface area contributed by atoms with E-state index >= 15 is 0 Å². The molecule has 2 N–H and O–H groups in total. The van der Waals surface area contributed by atoms with Crippen molar-refractivity contribution in [2.24, 2.45) is 0 Å². The fourth-order valence-corrected chi connectivity index (χ4v) is 3.42. The number of hydrogen-bond acceptors (Lipinski definition) is 4. The number of anilines is 2. The SMILES string of the molecule is C=CCS(=O)(=O)c1ccc(C)c(NCC(=O)Nc2cccc(C)c2)c1. The molecule has 0 radical (unpaired) electrons. The van der Waals surface area contributed by atoms with Crippen LogP contribution in [0.1, 0.15) is 11.1 Å². The van der Waals surface area contributed by atoms with E-state index in [2.05, 4.69) is 17.2 Å². The van der Waals surface area contributed by atoms with Crippen LogP contribution in [0, 0.1) is 13.8 Å². The minimum Gasteiger partial charge on any atom is -0.376 e. The van der Waals surface area contributed by atoms with Gasteiger partial charge in [-0.1, -0.05) is 24.3 Å². The number of carbonyl (C=O) groups excluding carboxylic acids is 1. The molecule has 0 spiro atoms. The second-order valence-corrected chi connectivity index (χ2v) is 7.85. The molecule has 5 nitrogen and oxygen atoms in total. The van der Waals surface area contributed by atoms with E-state index < -0.39 is 9.84 Å². The normalized spacial score (nSPS) is 11.0. The van der Waals surface area contributed by atoms with Crippen LogP contribution in [-0.4, -0.2) is 26.6 Å². The fourth-order valence-electron chi connectivity index (χ4n) is 2.34. The summed E-state index contributed by atoms with van der Waals surface area (Å²) in [6, 6.07) is 12.4. The minimum atomic E-state index is -3.40. The highest BCUT2D eigenvalue weighted by Gasteiger charge is 2.14. The first-order valence-corrected chi connectivity index (χ1v) is 9.52. The van der Waals surface area contributed by atoms with Gasteiger partial charge in [-0.15, -0.1) is 6.58 Å². The first-order chi connectivity index (χ1) is 11.8. The summed E-state index contributed by atoms with van der Waals surface area (Å²) in [6.45, 7) is 7.31. The van der Waals surface area contributed by atoms with E-state index in [0.717, 1.165) is 16.8 Å². The van der Waals surface area contributed by atoms with E-state index in [9.17, 15) is 13.2 Å². The molecule has 1 amide bonds. The lowest BCUT2D eigenvalue weighted by Gasteiger charge is -2.12. The smallest absolute Gasteiger partial charge is 0.243 e. The first-order valence-electron chi connectivity index (χ1n) is 7.86. The molecule has 0 bridgehead atoms. The number of aryl methyl sites for hydroxylation is 2. The van der Waals surface area contributed by atoms with Crippen molar-refractivity contribution >= 4 is 27.1 Å². The minimum absolute atomic E-state index is 0.0414. The summed E-state index contributed by atoms with van der Waals surface area (Å²) in [5.74, 6) is -0.326. The summed E-state index contributed by atoms with van der Waals surface area (Å²) >= 11 is 0. The standard InChI is InChI=1S/C19H22N2O3S/c1-4-10-25(23,24)17-9-8-15(3)18(12-17)20-13-19(22)21-16-7-5-6-14(2)11-16/h4-9,11-12,20H,1,10,13H2,2-3H3,(H,21,22). The van der Waals surface area contributed by atoms with Crippen molar-refractivity contribution in [2.45, 2.75) is 18.7 Å². The number of sulfone groups is 1. The van der Waals surface area contributed by atoms with Gasteiger partial charge in [-0.05, 0) is 49.2 Å². The van der Waals surface area contributed by atoms with Crippen LogP contribution in [-0.2, 0) is 14.6 Å². The van der Waals surface area contributed by atoms with Crippen LogP contribution in [0.2, 0.25) is 0 Å². The summed E-state index contributed by atoms with van der Waals surface area (Å²) in [7, 11) is -3.40. The third-order valence-corrected chi connectivity index (χ3v) is 5.29. The predicted octanol–water partition coefficient (Wildman–Crippen LogP) is 3.31. The maximum absolute atomic E-state index is 12.1. The zero-order chi connectivity index (χ0) is 18.4. The molecular weight excluding hydrogens is 336 g/mol. The van der Waals surface area contributed by atoms with Crippen molar-refractivity contribution in [3.63, 3.8) is 0 Å². The van der Waals surface area contributed by atoms with E-state index in [1.165, 1.54) is 6.08 Å². The van der Waals surface area contributed by atoms with Gasteiger partial charge in [0.1, 0.15) is 0 Å². The average molecular weight is 358 g/mol. The van der Waals surface area contributed by atoms with E-state index in [1.807, 2.05) is 38.1 Å². The number of nitrogens with one attached hydrogen (secondary N) is 2. The maximum Gasteiger partial charge on any atom is 0.243 e. The van der Waals surface area contributed by atoms with Gasteiger partial charge in [0, 0.05) is 11.4 Å². The van der Waals surface area contributed by atoms with Gasteiger partial charge in [0.05, 0.1) is 17.2 Å². The van der Waals surface area contributed by atoms with E-state index in [-0.39, 0.29) is 23.1 Å². The number of amides is 1. The second kappa shape index (κ2) is 7.98. The van der Waals surface area contributed by atoms with Gasteiger partial charge >= 0.3 is 0 Å². The van der Waals surface area contributed by atoms with Crippen LogP contribution in [0.4, 0.5) is 11.4 Å². The molecule has 25 heavy (non-hydrogen) atoms. The van der Waals surface area contributed by atoms with Gasteiger partial charge in [-0.2, -0.15) is 0 Å². The molecule has 2 aromatic carbocycles. The molecule has 0 aliphatic carbocycles. The largest absolute Gasteiger partial charge is 0.376 e. The summed E-state index contributed by atoms with van der Waals surface area (Å²) in [5.41, 5.74) is 3.26. The molecule has 0 saturated carbocycles. The second-order valence-electron chi connectivity index (χ2n) is 5.82. The quantitative estimate of drug-likeness (QED) is 0.745. The van der Waals surface area contributed by atoms with Crippen LogP contribution in [0.15, 0.2) is 60.0 Å². The van der Waals surface area contributed by atoms with Crippen LogP contribution in [0.5, 0.6) is 0 Å². The molecule has 0 aromatic heterocycles. The van der Waals surface area contributed by atoms with Gasteiger partial charge in [-0.25, -0.2) is 8.42 Å². The number of carbonyl (C=O) groups is 1. The van der Waals surface area contributed by atoms with Crippen LogP contribution in [0.25, 0.3) is 0 Å². The van der Waals surface area contributed by atoms with E-state index in [0.29, 0.717) is 5.69 Å². The molecule has 0 saturated heterocycles. The zero-order valence-corrected chi connectivity index (χ0v) is 15.2. The van der Waals surface area contributed by atoms with Crippen molar-refractivity contribution in [3.8, 4) is 0 Å². The van der Waals surface area contributed by atoms with E-state index in [1.54, 1.807) is 18.2 Å². The summed E-state index contributed by atoms with van der Waals surface area (Å²) in [4.78, 5) is 12.3.